The number of carbonyl (C=O) groups is 2. The zero-order chi connectivity index (χ0) is 20.2. The van der Waals surface area contributed by atoms with Crippen molar-refractivity contribution in [2.45, 2.75) is 18.4 Å². The molecule has 6 nitrogen and oxygen atoms in total. The first-order chi connectivity index (χ1) is 14.1. The van der Waals surface area contributed by atoms with Gasteiger partial charge in [0.2, 0.25) is 0 Å². The third-order valence-corrected chi connectivity index (χ3v) is 5.10. The minimum atomic E-state index is -1.12. The van der Waals surface area contributed by atoms with Crippen molar-refractivity contribution in [1.82, 2.24) is 10.3 Å². The van der Waals surface area contributed by atoms with Gasteiger partial charge in [-0.05, 0) is 33.9 Å². The summed E-state index contributed by atoms with van der Waals surface area (Å²) in [6.45, 7) is 0.138. The number of carboxylic acids is 1. The fourth-order valence-electron chi connectivity index (χ4n) is 3.74. The molecule has 1 atom stereocenters. The van der Waals surface area contributed by atoms with Gasteiger partial charge in [0.15, 0.2) is 0 Å². The summed E-state index contributed by atoms with van der Waals surface area (Å²) >= 11 is 0. The molecule has 0 aliphatic heterocycles. The van der Waals surface area contributed by atoms with Crippen molar-refractivity contribution in [3.05, 3.63) is 89.7 Å². The second kappa shape index (κ2) is 8.14. The largest absolute Gasteiger partial charge is 0.480 e. The summed E-state index contributed by atoms with van der Waals surface area (Å²) in [7, 11) is 0. The van der Waals surface area contributed by atoms with Crippen molar-refractivity contribution in [3.8, 4) is 11.1 Å². The standard InChI is InChI=1S/C23H20N2O4/c26-22(27)21(12-15-6-5-11-24-13-15)25-23(28)29-14-20-18-9-3-1-7-16(18)17-8-2-4-10-19(17)20/h1-11,13,20-21H,12,14H2,(H,25,28)(H,26,27)/t21-/m1/s1. The van der Waals surface area contributed by atoms with Crippen LogP contribution in [-0.2, 0) is 16.0 Å². The smallest absolute Gasteiger partial charge is 0.407 e. The van der Waals surface area contributed by atoms with E-state index < -0.39 is 18.1 Å². The van der Waals surface area contributed by atoms with Gasteiger partial charge in [0.25, 0.3) is 0 Å². The van der Waals surface area contributed by atoms with E-state index in [4.69, 9.17) is 4.74 Å². The van der Waals surface area contributed by atoms with E-state index in [0.29, 0.717) is 0 Å². The van der Waals surface area contributed by atoms with Crippen LogP contribution >= 0.6 is 0 Å². The van der Waals surface area contributed by atoms with Gasteiger partial charge in [-0.3, -0.25) is 4.98 Å². The van der Waals surface area contributed by atoms with Gasteiger partial charge in [-0.15, -0.1) is 0 Å². The quantitative estimate of drug-likeness (QED) is 0.673. The van der Waals surface area contributed by atoms with Gasteiger partial charge in [0.1, 0.15) is 12.6 Å². The average molecular weight is 388 g/mol. The molecule has 0 saturated heterocycles. The van der Waals surface area contributed by atoms with E-state index in [1.807, 2.05) is 36.4 Å². The Hall–Kier alpha value is -3.67. The van der Waals surface area contributed by atoms with Crippen molar-refractivity contribution < 1.29 is 19.4 Å². The molecule has 2 N–H and O–H groups in total. The maximum atomic E-state index is 12.3. The SMILES string of the molecule is O=C(N[C@H](Cc1cccnc1)C(=O)O)OCC1c2ccccc2-c2ccccc21. The molecule has 1 heterocycles. The summed E-state index contributed by atoms with van der Waals surface area (Å²) in [6.07, 6.45) is 2.57. The Kier molecular flexibility index (Phi) is 5.24. The molecule has 2 aromatic carbocycles. The maximum Gasteiger partial charge on any atom is 0.407 e. The second-order valence-corrected chi connectivity index (χ2v) is 6.93. The second-order valence-electron chi connectivity index (χ2n) is 6.93. The minimum absolute atomic E-state index is 0.0743. The van der Waals surface area contributed by atoms with Crippen LogP contribution in [-0.4, -0.2) is 34.8 Å². The Morgan fingerprint density at radius 2 is 1.66 bits per heavy atom. The Balaban J connectivity index is 1.43. The van der Waals surface area contributed by atoms with Gasteiger partial charge in [0, 0.05) is 24.7 Å². The molecule has 0 spiro atoms. The van der Waals surface area contributed by atoms with Crippen molar-refractivity contribution in [2.24, 2.45) is 0 Å². The van der Waals surface area contributed by atoms with Crippen LogP contribution in [0, 0.1) is 0 Å². The molecule has 3 aromatic rings. The number of hydrogen-bond donors (Lipinski definition) is 2. The van der Waals surface area contributed by atoms with Crippen LogP contribution in [0.1, 0.15) is 22.6 Å². The van der Waals surface area contributed by atoms with Crippen LogP contribution in [0.2, 0.25) is 0 Å². The van der Waals surface area contributed by atoms with Gasteiger partial charge in [-0.1, -0.05) is 54.6 Å². The number of aromatic nitrogens is 1. The van der Waals surface area contributed by atoms with E-state index in [1.165, 1.54) is 0 Å². The zero-order valence-corrected chi connectivity index (χ0v) is 15.6. The van der Waals surface area contributed by atoms with Gasteiger partial charge in [-0.2, -0.15) is 0 Å². The molecule has 1 aliphatic carbocycles. The van der Waals surface area contributed by atoms with Crippen molar-refractivity contribution >= 4 is 12.1 Å². The molecule has 1 aromatic heterocycles. The normalized spacial score (nSPS) is 13.2. The Morgan fingerprint density at radius 3 is 2.24 bits per heavy atom. The predicted molar refractivity (Wildman–Crippen MR) is 108 cm³/mol. The Labute approximate surface area is 168 Å². The van der Waals surface area contributed by atoms with Gasteiger partial charge in [0.05, 0.1) is 0 Å². The topological polar surface area (TPSA) is 88.5 Å². The lowest BCUT2D eigenvalue weighted by Crippen LogP contribution is -2.42. The molecule has 146 valence electrons. The average Bonchev–Trinajstić information content (AvgIpc) is 3.06. The number of carbonyl (C=O) groups excluding carboxylic acids is 1. The molecule has 0 bridgehead atoms. The van der Waals surface area contributed by atoms with Crippen LogP contribution in [0.4, 0.5) is 4.79 Å². The van der Waals surface area contributed by atoms with Crippen LogP contribution in [0.3, 0.4) is 0 Å². The fourth-order valence-corrected chi connectivity index (χ4v) is 3.74. The third-order valence-electron chi connectivity index (χ3n) is 5.10. The van der Waals surface area contributed by atoms with Crippen LogP contribution in [0.5, 0.6) is 0 Å². The third kappa shape index (κ3) is 3.96. The van der Waals surface area contributed by atoms with Crippen molar-refractivity contribution in [2.75, 3.05) is 6.61 Å². The number of nitrogens with one attached hydrogen (secondary N) is 1. The number of alkyl carbamates (subject to hydrolysis) is 1. The molecule has 1 aliphatic rings. The first-order valence-corrected chi connectivity index (χ1v) is 9.36. The monoisotopic (exact) mass is 388 g/mol. The van der Waals surface area contributed by atoms with E-state index >= 15 is 0 Å². The number of nitrogens with zero attached hydrogens (tertiary/aromatic N) is 1. The lowest BCUT2D eigenvalue weighted by molar-refractivity contribution is -0.139. The first kappa shape index (κ1) is 18.7. The highest BCUT2D eigenvalue weighted by Crippen LogP contribution is 2.44. The molecule has 4 rings (SSSR count). The number of fused-ring (bicyclic) bond motifs is 3. The summed E-state index contributed by atoms with van der Waals surface area (Å²) in [6, 6.07) is 18.5. The number of ether oxygens (including phenoxy) is 1. The molecule has 0 saturated carbocycles. The summed E-state index contributed by atoms with van der Waals surface area (Å²) in [5.74, 6) is -1.20. The highest BCUT2D eigenvalue weighted by Gasteiger charge is 2.29. The van der Waals surface area contributed by atoms with E-state index in [2.05, 4.69) is 22.4 Å². The van der Waals surface area contributed by atoms with Crippen LogP contribution in [0.25, 0.3) is 11.1 Å². The molecule has 0 fully saturated rings. The van der Waals surface area contributed by atoms with Gasteiger partial charge in [-0.25, -0.2) is 9.59 Å². The Bertz CT molecular complexity index is 990. The fraction of sp³-hybridized carbons (Fsp3) is 0.174. The number of carboxylic acid groups (broad SMARTS) is 1. The minimum Gasteiger partial charge on any atom is -0.480 e. The Morgan fingerprint density at radius 1 is 1.00 bits per heavy atom. The van der Waals surface area contributed by atoms with Gasteiger partial charge < -0.3 is 15.2 Å². The maximum absolute atomic E-state index is 12.3. The highest BCUT2D eigenvalue weighted by atomic mass is 16.5. The molecular weight excluding hydrogens is 368 g/mol. The lowest BCUT2D eigenvalue weighted by atomic mass is 9.98. The van der Waals surface area contributed by atoms with Crippen LogP contribution < -0.4 is 5.32 Å². The molecule has 1 amide bonds. The van der Waals surface area contributed by atoms with Crippen molar-refractivity contribution in [3.63, 3.8) is 0 Å². The molecule has 29 heavy (non-hydrogen) atoms. The number of hydrogen-bond acceptors (Lipinski definition) is 4. The highest BCUT2D eigenvalue weighted by molar-refractivity contribution is 5.81. The summed E-state index contributed by atoms with van der Waals surface area (Å²) in [5, 5.41) is 11.9. The predicted octanol–water partition coefficient (Wildman–Crippen LogP) is 3.62. The number of benzene rings is 2. The van der Waals surface area contributed by atoms with E-state index in [0.717, 1.165) is 27.8 Å². The number of aliphatic carboxylic acids is 1. The molecular formula is C23H20N2O4. The van der Waals surface area contributed by atoms with Crippen molar-refractivity contribution in [1.29, 1.82) is 0 Å². The molecule has 0 radical (unpaired) electrons. The number of pyridine rings is 1. The summed E-state index contributed by atoms with van der Waals surface area (Å²) in [4.78, 5) is 27.8. The molecule has 0 unspecified atom stereocenters. The lowest BCUT2D eigenvalue weighted by Gasteiger charge is -2.17. The summed E-state index contributed by atoms with van der Waals surface area (Å²) < 4.78 is 5.43. The van der Waals surface area contributed by atoms with E-state index in [1.54, 1.807) is 24.5 Å². The zero-order valence-electron chi connectivity index (χ0n) is 15.6. The van der Waals surface area contributed by atoms with E-state index in [-0.39, 0.29) is 18.9 Å². The molecule has 6 heteroatoms. The first-order valence-electron chi connectivity index (χ1n) is 9.36. The van der Waals surface area contributed by atoms with Gasteiger partial charge >= 0.3 is 12.1 Å². The van der Waals surface area contributed by atoms with E-state index in [9.17, 15) is 14.7 Å². The number of amides is 1. The number of rotatable bonds is 6. The van der Waals surface area contributed by atoms with Crippen LogP contribution in [0.15, 0.2) is 73.1 Å². The summed E-state index contributed by atoms with van der Waals surface area (Å²) in [5.41, 5.74) is 5.20.